The summed E-state index contributed by atoms with van der Waals surface area (Å²) >= 11 is 5.54. The van der Waals surface area contributed by atoms with Gasteiger partial charge in [-0.05, 0) is 81.6 Å². The second-order valence-corrected chi connectivity index (χ2v) is 9.56. The van der Waals surface area contributed by atoms with Crippen molar-refractivity contribution in [1.29, 1.82) is 0 Å². The van der Waals surface area contributed by atoms with E-state index >= 15 is 0 Å². The van der Waals surface area contributed by atoms with Gasteiger partial charge in [-0.25, -0.2) is 0 Å². The Morgan fingerprint density at radius 3 is 1.70 bits per heavy atom. The standard InChI is InChI=1S/C17H22I3N3O7/c1-6(3-24)21-16(29)9-11(18)10(17(30)22-8(4-25)5-26)13(20)14(12(9)19)23-15(28)7(2)27/h6-8,24-27H,3-5H2,1-2H3,(H,21,29)(H,22,30)(H,23,28). The first-order chi connectivity index (χ1) is 14.0. The molecular formula is C17H22I3N3O7. The van der Waals surface area contributed by atoms with Crippen molar-refractivity contribution in [2.24, 2.45) is 0 Å². The van der Waals surface area contributed by atoms with E-state index in [1.165, 1.54) is 6.92 Å². The molecule has 1 rings (SSSR count). The molecule has 0 radical (unpaired) electrons. The van der Waals surface area contributed by atoms with Crippen LogP contribution in [0.5, 0.6) is 0 Å². The monoisotopic (exact) mass is 761 g/mol. The van der Waals surface area contributed by atoms with Crippen LogP contribution in [-0.4, -0.2) is 76.2 Å². The van der Waals surface area contributed by atoms with Crippen LogP contribution < -0.4 is 16.0 Å². The first-order valence-corrected chi connectivity index (χ1v) is 11.9. The van der Waals surface area contributed by atoms with Crippen LogP contribution >= 0.6 is 67.8 Å². The van der Waals surface area contributed by atoms with Crippen molar-refractivity contribution in [3.8, 4) is 0 Å². The highest BCUT2D eigenvalue weighted by molar-refractivity contribution is 14.1. The van der Waals surface area contributed by atoms with Gasteiger partial charge in [0.1, 0.15) is 6.10 Å². The van der Waals surface area contributed by atoms with Crippen molar-refractivity contribution in [2.75, 3.05) is 25.1 Å². The fourth-order valence-electron chi connectivity index (χ4n) is 2.15. The molecule has 13 heteroatoms. The van der Waals surface area contributed by atoms with E-state index in [1.54, 1.807) is 6.92 Å². The van der Waals surface area contributed by atoms with Gasteiger partial charge in [-0.3, -0.25) is 14.4 Å². The first-order valence-electron chi connectivity index (χ1n) is 8.63. The van der Waals surface area contributed by atoms with Gasteiger partial charge in [-0.1, -0.05) is 0 Å². The number of nitrogens with one attached hydrogen (secondary N) is 3. The number of carbonyl (C=O) groups excluding carboxylic acids is 3. The smallest absolute Gasteiger partial charge is 0.253 e. The zero-order valence-corrected chi connectivity index (χ0v) is 22.5. The normalized spacial score (nSPS) is 13.0. The molecule has 0 heterocycles. The highest BCUT2D eigenvalue weighted by Crippen LogP contribution is 2.36. The molecule has 0 aliphatic carbocycles. The van der Waals surface area contributed by atoms with Crippen molar-refractivity contribution < 1.29 is 34.8 Å². The van der Waals surface area contributed by atoms with E-state index in [0.29, 0.717) is 7.14 Å². The molecule has 0 fully saturated rings. The van der Waals surface area contributed by atoms with E-state index in [0.717, 1.165) is 0 Å². The number of aliphatic hydroxyl groups is 4. The van der Waals surface area contributed by atoms with Gasteiger partial charge in [0, 0.05) is 9.61 Å². The van der Waals surface area contributed by atoms with Gasteiger partial charge in [0.25, 0.3) is 17.7 Å². The van der Waals surface area contributed by atoms with Crippen LogP contribution in [0.2, 0.25) is 0 Å². The number of hydrogen-bond donors (Lipinski definition) is 7. The number of halogens is 3. The molecule has 0 spiro atoms. The highest BCUT2D eigenvalue weighted by atomic mass is 127. The van der Waals surface area contributed by atoms with E-state index in [9.17, 15) is 34.8 Å². The molecule has 0 aromatic heterocycles. The van der Waals surface area contributed by atoms with Gasteiger partial charge in [0.05, 0.1) is 49.8 Å². The Morgan fingerprint density at radius 1 is 0.833 bits per heavy atom. The molecule has 0 aliphatic rings. The van der Waals surface area contributed by atoms with Crippen LogP contribution in [-0.2, 0) is 4.79 Å². The zero-order chi connectivity index (χ0) is 23.2. The number of hydrogen-bond acceptors (Lipinski definition) is 7. The molecule has 168 valence electrons. The summed E-state index contributed by atoms with van der Waals surface area (Å²) in [6, 6.07) is -1.46. The van der Waals surface area contributed by atoms with Crippen LogP contribution in [0.25, 0.3) is 0 Å². The van der Waals surface area contributed by atoms with Crippen LogP contribution in [0.3, 0.4) is 0 Å². The molecule has 30 heavy (non-hydrogen) atoms. The minimum absolute atomic E-state index is 0.0613. The fourth-order valence-corrected chi connectivity index (χ4v) is 6.56. The van der Waals surface area contributed by atoms with Gasteiger partial charge < -0.3 is 36.4 Å². The first kappa shape index (κ1) is 27.7. The second kappa shape index (κ2) is 12.6. The zero-order valence-electron chi connectivity index (χ0n) is 16.0. The van der Waals surface area contributed by atoms with Crippen LogP contribution in [0.4, 0.5) is 5.69 Å². The molecule has 1 aromatic rings. The molecular weight excluding hydrogens is 739 g/mol. The SMILES string of the molecule is CC(CO)NC(=O)c1c(I)c(NC(=O)C(C)O)c(I)c(C(=O)NC(CO)CO)c1I. The highest BCUT2D eigenvalue weighted by Gasteiger charge is 2.30. The van der Waals surface area contributed by atoms with Crippen LogP contribution in [0, 0.1) is 10.7 Å². The quantitative estimate of drug-likeness (QED) is 0.174. The Balaban J connectivity index is 3.66. The van der Waals surface area contributed by atoms with Gasteiger partial charge in [-0.2, -0.15) is 0 Å². The lowest BCUT2D eigenvalue weighted by Crippen LogP contribution is -2.41. The lowest BCUT2D eigenvalue weighted by Gasteiger charge is -2.22. The Kier molecular flexibility index (Phi) is 11.7. The Morgan fingerprint density at radius 2 is 1.30 bits per heavy atom. The maximum absolute atomic E-state index is 12.9. The summed E-state index contributed by atoms with van der Waals surface area (Å²) in [6.45, 7) is 1.59. The largest absolute Gasteiger partial charge is 0.394 e. The Labute approximate surface area is 214 Å². The number of rotatable bonds is 9. The average Bonchev–Trinajstić information content (AvgIpc) is 2.68. The van der Waals surface area contributed by atoms with E-state index in [2.05, 4.69) is 16.0 Å². The minimum atomic E-state index is -1.33. The summed E-state index contributed by atoms with van der Waals surface area (Å²) in [5, 5.41) is 44.9. The number of anilines is 1. The van der Waals surface area contributed by atoms with Crippen molar-refractivity contribution in [1.82, 2.24) is 10.6 Å². The molecule has 0 saturated carbocycles. The lowest BCUT2D eigenvalue weighted by atomic mass is 10.1. The van der Waals surface area contributed by atoms with E-state index < -0.39 is 49.1 Å². The second-order valence-electron chi connectivity index (χ2n) is 6.32. The molecule has 7 N–H and O–H groups in total. The number of aliphatic hydroxyl groups excluding tert-OH is 4. The average molecular weight is 761 g/mol. The molecule has 1 aromatic carbocycles. The predicted molar refractivity (Wildman–Crippen MR) is 134 cm³/mol. The summed E-state index contributed by atoms with van der Waals surface area (Å²) in [6.07, 6.45) is -1.33. The maximum atomic E-state index is 12.9. The number of benzene rings is 1. The van der Waals surface area contributed by atoms with Crippen LogP contribution in [0.1, 0.15) is 34.6 Å². The van der Waals surface area contributed by atoms with E-state index in [4.69, 9.17) is 0 Å². The number of carbonyl (C=O) groups is 3. The van der Waals surface area contributed by atoms with E-state index in [1.807, 2.05) is 67.8 Å². The summed E-state index contributed by atoms with van der Waals surface area (Å²) in [5.74, 6) is -1.95. The summed E-state index contributed by atoms with van der Waals surface area (Å²) in [7, 11) is 0. The topological polar surface area (TPSA) is 168 Å². The summed E-state index contributed by atoms with van der Waals surface area (Å²) < 4.78 is 0.941. The summed E-state index contributed by atoms with van der Waals surface area (Å²) in [4.78, 5) is 37.8. The van der Waals surface area contributed by atoms with Crippen molar-refractivity contribution in [3.05, 3.63) is 21.8 Å². The minimum Gasteiger partial charge on any atom is -0.394 e. The van der Waals surface area contributed by atoms with E-state index in [-0.39, 0.29) is 27.0 Å². The van der Waals surface area contributed by atoms with Crippen molar-refractivity contribution in [2.45, 2.75) is 32.0 Å². The Bertz CT molecular complexity index is 817. The van der Waals surface area contributed by atoms with Gasteiger partial charge in [-0.15, -0.1) is 0 Å². The summed E-state index contributed by atoms with van der Waals surface area (Å²) in [5.41, 5.74) is 0.331. The lowest BCUT2D eigenvalue weighted by molar-refractivity contribution is -0.123. The third kappa shape index (κ3) is 6.83. The van der Waals surface area contributed by atoms with Gasteiger partial charge >= 0.3 is 0 Å². The van der Waals surface area contributed by atoms with Crippen molar-refractivity contribution >= 4 is 91.2 Å². The molecule has 0 aliphatic heterocycles. The Hall–Kier alpha value is -0.340. The molecule has 10 nitrogen and oxygen atoms in total. The third-order valence-corrected chi connectivity index (χ3v) is 7.06. The molecule has 0 saturated heterocycles. The molecule has 3 amide bonds. The van der Waals surface area contributed by atoms with Gasteiger partial charge in [0.15, 0.2) is 0 Å². The number of amides is 3. The maximum Gasteiger partial charge on any atom is 0.253 e. The molecule has 2 atom stereocenters. The predicted octanol–water partition coefficient (Wildman–Crippen LogP) is 0.0133. The molecule has 0 bridgehead atoms. The van der Waals surface area contributed by atoms with Crippen molar-refractivity contribution in [3.63, 3.8) is 0 Å². The molecule has 2 unspecified atom stereocenters. The third-order valence-electron chi connectivity index (χ3n) is 3.83. The van der Waals surface area contributed by atoms with Gasteiger partial charge in [0.2, 0.25) is 0 Å². The fraction of sp³-hybridized carbons (Fsp3) is 0.471. The van der Waals surface area contributed by atoms with Crippen LogP contribution in [0.15, 0.2) is 0 Å².